The van der Waals surface area contributed by atoms with Gasteiger partial charge in [-0.25, -0.2) is 14.8 Å². The van der Waals surface area contributed by atoms with Gasteiger partial charge in [-0.2, -0.15) is 0 Å². The molecule has 8 nitrogen and oxygen atoms in total. The summed E-state index contributed by atoms with van der Waals surface area (Å²) in [7, 11) is 3.22. The van der Waals surface area contributed by atoms with Gasteiger partial charge in [-0.3, -0.25) is 0 Å². The van der Waals surface area contributed by atoms with Gasteiger partial charge in [-0.15, -0.1) is 0 Å². The van der Waals surface area contributed by atoms with Crippen molar-refractivity contribution in [3.05, 3.63) is 42.2 Å². The molecule has 28 heavy (non-hydrogen) atoms. The number of hydrogen-bond donors (Lipinski definition) is 1. The van der Waals surface area contributed by atoms with Gasteiger partial charge in [0.1, 0.15) is 6.10 Å². The number of ether oxygens (including phenoxy) is 3. The van der Waals surface area contributed by atoms with E-state index in [0.717, 1.165) is 24.8 Å². The molecule has 1 aromatic heterocycles. The Morgan fingerprint density at radius 3 is 2.54 bits per heavy atom. The Morgan fingerprint density at radius 1 is 1.14 bits per heavy atom. The third-order valence-electron chi connectivity index (χ3n) is 4.68. The van der Waals surface area contributed by atoms with E-state index in [0.29, 0.717) is 37.1 Å². The van der Waals surface area contributed by atoms with Gasteiger partial charge in [0.2, 0.25) is 0 Å². The highest BCUT2D eigenvalue weighted by molar-refractivity contribution is 5.74. The van der Waals surface area contributed by atoms with Crippen LogP contribution in [0.1, 0.15) is 18.4 Å². The first-order valence-electron chi connectivity index (χ1n) is 9.37. The summed E-state index contributed by atoms with van der Waals surface area (Å²) in [5.74, 6) is 1.39. The van der Waals surface area contributed by atoms with Crippen LogP contribution in [0, 0.1) is 0 Å². The van der Waals surface area contributed by atoms with Gasteiger partial charge in [0.15, 0.2) is 11.5 Å². The smallest absolute Gasteiger partial charge is 0.317 e. The number of methoxy groups -OCH3 is 2. The lowest BCUT2D eigenvalue weighted by molar-refractivity contribution is 0.103. The Labute approximate surface area is 164 Å². The second-order valence-corrected chi connectivity index (χ2v) is 6.51. The van der Waals surface area contributed by atoms with Crippen molar-refractivity contribution in [2.24, 2.45) is 0 Å². The summed E-state index contributed by atoms with van der Waals surface area (Å²) in [6, 6.07) is 7.87. The van der Waals surface area contributed by atoms with Crippen LogP contribution in [0.5, 0.6) is 17.5 Å². The fourth-order valence-corrected chi connectivity index (χ4v) is 3.13. The summed E-state index contributed by atoms with van der Waals surface area (Å²) < 4.78 is 16.3. The number of piperidine rings is 1. The summed E-state index contributed by atoms with van der Waals surface area (Å²) >= 11 is 0. The van der Waals surface area contributed by atoms with E-state index in [1.807, 2.05) is 23.1 Å². The van der Waals surface area contributed by atoms with Crippen molar-refractivity contribution in [2.75, 3.05) is 33.9 Å². The number of benzene rings is 1. The third kappa shape index (κ3) is 5.25. The van der Waals surface area contributed by atoms with Crippen LogP contribution in [-0.2, 0) is 6.42 Å². The first kappa shape index (κ1) is 19.7. The minimum atomic E-state index is -0.0464. The molecule has 8 heteroatoms. The fraction of sp³-hybridized carbons (Fsp3) is 0.450. The van der Waals surface area contributed by atoms with Crippen LogP contribution in [0.25, 0.3) is 0 Å². The Kier molecular flexibility index (Phi) is 6.89. The normalized spacial score (nSPS) is 14.4. The molecule has 2 amide bonds. The summed E-state index contributed by atoms with van der Waals surface area (Å²) in [6.07, 6.45) is 5.60. The minimum Gasteiger partial charge on any atom is -0.493 e. The molecule has 3 rings (SSSR count). The van der Waals surface area contributed by atoms with Crippen molar-refractivity contribution in [1.29, 1.82) is 0 Å². The number of likely N-dealkylation sites (tertiary alicyclic amines) is 1. The largest absolute Gasteiger partial charge is 0.493 e. The quantitative estimate of drug-likeness (QED) is 0.786. The number of nitrogens with zero attached hydrogens (tertiary/aromatic N) is 3. The highest BCUT2D eigenvalue weighted by Crippen LogP contribution is 2.27. The standard InChI is InChI=1S/C20H26N4O4/c1-26-17-5-4-15(14-18(17)27-2)6-11-23-20(25)24-12-7-16(8-13-24)28-19-21-9-3-10-22-19/h3-5,9-10,14,16H,6-8,11-13H2,1-2H3,(H,23,25). The first-order valence-corrected chi connectivity index (χ1v) is 9.37. The predicted octanol–water partition coefficient (Wildman–Crippen LogP) is 2.29. The minimum absolute atomic E-state index is 0.0400. The zero-order valence-corrected chi connectivity index (χ0v) is 16.3. The molecule has 0 bridgehead atoms. The van der Waals surface area contributed by atoms with Crippen molar-refractivity contribution in [3.63, 3.8) is 0 Å². The first-order chi connectivity index (χ1) is 13.7. The molecule has 2 heterocycles. The molecular weight excluding hydrogens is 360 g/mol. The summed E-state index contributed by atoms with van der Waals surface area (Å²) in [4.78, 5) is 22.4. The molecule has 1 saturated heterocycles. The highest BCUT2D eigenvalue weighted by Gasteiger charge is 2.24. The predicted molar refractivity (Wildman–Crippen MR) is 104 cm³/mol. The molecule has 0 spiro atoms. The molecule has 0 unspecified atom stereocenters. The number of carbonyl (C=O) groups excluding carboxylic acids is 1. The van der Waals surface area contributed by atoms with E-state index < -0.39 is 0 Å². The van der Waals surface area contributed by atoms with Gasteiger partial charge in [0, 0.05) is 44.9 Å². The van der Waals surface area contributed by atoms with E-state index in [1.165, 1.54) is 0 Å². The molecule has 1 fully saturated rings. The maximum Gasteiger partial charge on any atom is 0.317 e. The number of urea groups is 1. The molecule has 1 N–H and O–H groups in total. The molecule has 150 valence electrons. The molecule has 1 aliphatic rings. The topological polar surface area (TPSA) is 85.8 Å². The molecule has 0 atom stereocenters. The Balaban J connectivity index is 1.40. The van der Waals surface area contributed by atoms with Crippen LogP contribution in [0.2, 0.25) is 0 Å². The Hall–Kier alpha value is -3.03. The van der Waals surface area contributed by atoms with Crippen LogP contribution in [0.3, 0.4) is 0 Å². The number of aromatic nitrogens is 2. The molecule has 0 saturated carbocycles. The van der Waals surface area contributed by atoms with Crippen LogP contribution in [0.15, 0.2) is 36.7 Å². The second kappa shape index (κ2) is 9.77. The van der Waals surface area contributed by atoms with E-state index in [-0.39, 0.29) is 12.1 Å². The van der Waals surface area contributed by atoms with Crippen LogP contribution < -0.4 is 19.5 Å². The average molecular weight is 386 g/mol. The van der Waals surface area contributed by atoms with Gasteiger partial charge in [0.25, 0.3) is 0 Å². The zero-order valence-electron chi connectivity index (χ0n) is 16.3. The fourth-order valence-electron chi connectivity index (χ4n) is 3.13. The Bertz CT molecular complexity index is 764. The molecular formula is C20H26N4O4. The lowest BCUT2D eigenvalue weighted by Crippen LogP contribution is -2.47. The monoisotopic (exact) mass is 386 g/mol. The summed E-state index contributed by atoms with van der Waals surface area (Å²) in [5.41, 5.74) is 1.08. The number of rotatable bonds is 7. The van der Waals surface area contributed by atoms with Gasteiger partial charge in [0.05, 0.1) is 14.2 Å². The van der Waals surface area contributed by atoms with E-state index >= 15 is 0 Å². The maximum atomic E-state index is 12.4. The van der Waals surface area contributed by atoms with E-state index in [2.05, 4.69) is 15.3 Å². The van der Waals surface area contributed by atoms with Crippen LogP contribution >= 0.6 is 0 Å². The zero-order chi connectivity index (χ0) is 19.8. The molecule has 1 aromatic carbocycles. The molecule has 0 aliphatic carbocycles. The van der Waals surface area contributed by atoms with E-state index in [4.69, 9.17) is 14.2 Å². The average Bonchev–Trinajstić information content (AvgIpc) is 2.74. The second-order valence-electron chi connectivity index (χ2n) is 6.51. The van der Waals surface area contributed by atoms with Crippen LogP contribution in [-0.4, -0.2) is 60.9 Å². The Morgan fingerprint density at radius 2 is 1.86 bits per heavy atom. The van der Waals surface area contributed by atoms with Gasteiger partial charge < -0.3 is 24.4 Å². The van der Waals surface area contributed by atoms with Crippen molar-refractivity contribution in [1.82, 2.24) is 20.2 Å². The van der Waals surface area contributed by atoms with Gasteiger partial charge >= 0.3 is 12.0 Å². The number of hydrogen-bond acceptors (Lipinski definition) is 6. The highest BCUT2D eigenvalue weighted by atomic mass is 16.5. The molecule has 0 radical (unpaired) electrons. The van der Waals surface area contributed by atoms with E-state index in [9.17, 15) is 4.79 Å². The van der Waals surface area contributed by atoms with Crippen LogP contribution in [0.4, 0.5) is 4.79 Å². The lowest BCUT2D eigenvalue weighted by atomic mass is 10.1. The molecule has 2 aromatic rings. The van der Waals surface area contributed by atoms with Crippen molar-refractivity contribution < 1.29 is 19.0 Å². The molecule has 1 aliphatic heterocycles. The lowest BCUT2D eigenvalue weighted by Gasteiger charge is -2.31. The summed E-state index contributed by atoms with van der Waals surface area (Å²) in [6.45, 7) is 1.86. The van der Waals surface area contributed by atoms with Crippen molar-refractivity contribution in [3.8, 4) is 17.5 Å². The number of nitrogens with one attached hydrogen (secondary N) is 1. The summed E-state index contributed by atoms with van der Waals surface area (Å²) in [5, 5.41) is 2.98. The maximum absolute atomic E-state index is 12.4. The van der Waals surface area contributed by atoms with Gasteiger partial charge in [-0.05, 0) is 30.2 Å². The van der Waals surface area contributed by atoms with Crippen molar-refractivity contribution >= 4 is 6.03 Å². The number of carbonyl (C=O) groups is 1. The van der Waals surface area contributed by atoms with Gasteiger partial charge in [-0.1, -0.05) is 6.07 Å². The van der Waals surface area contributed by atoms with E-state index in [1.54, 1.807) is 32.7 Å². The third-order valence-corrected chi connectivity index (χ3v) is 4.68. The number of amides is 2. The van der Waals surface area contributed by atoms with Crippen molar-refractivity contribution in [2.45, 2.75) is 25.4 Å². The SMILES string of the molecule is COc1ccc(CCNC(=O)N2CCC(Oc3ncccn3)CC2)cc1OC.